The third kappa shape index (κ3) is 1.51. The van der Waals surface area contributed by atoms with Crippen LogP contribution in [0.5, 0.6) is 5.75 Å². The zero-order valence-electron chi connectivity index (χ0n) is 5.75. The van der Waals surface area contributed by atoms with Gasteiger partial charge in [-0.05, 0) is 30.2 Å². The Morgan fingerprint density at radius 2 is 2.50 bits per heavy atom. The summed E-state index contributed by atoms with van der Waals surface area (Å²) in [6, 6.07) is 2.02. The number of thiophene rings is 1. The number of hydrogen-bond acceptors (Lipinski definition) is 2. The average molecular weight is 154 g/mol. The van der Waals surface area contributed by atoms with Gasteiger partial charge in [-0.25, -0.2) is 0 Å². The predicted octanol–water partition coefficient (Wildman–Crippen LogP) is 2.54. The maximum atomic E-state index is 5.48. The Balaban J connectivity index is 1.79. The van der Waals surface area contributed by atoms with Crippen molar-refractivity contribution < 1.29 is 4.74 Å². The molecular formula is C8H10OS. The predicted molar refractivity (Wildman–Crippen MR) is 42.5 cm³/mol. The molecule has 2 rings (SSSR count). The molecule has 54 valence electrons. The Kier molecular flexibility index (Phi) is 1.63. The first kappa shape index (κ1) is 6.23. The van der Waals surface area contributed by atoms with Gasteiger partial charge in [0.05, 0.1) is 6.61 Å². The van der Waals surface area contributed by atoms with Crippen LogP contribution in [0.25, 0.3) is 0 Å². The summed E-state index contributed by atoms with van der Waals surface area (Å²) < 4.78 is 5.48. The lowest BCUT2D eigenvalue weighted by Gasteiger charge is -1.99. The molecule has 1 nitrogen and oxygen atoms in total. The molecule has 0 saturated heterocycles. The first-order valence-corrected chi connectivity index (χ1v) is 4.54. The van der Waals surface area contributed by atoms with Crippen molar-refractivity contribution in [1.82, 2.24) is 0 Å². The average Bonchev–Trinajstić information content (AvgIpc) is 2.63. The molecule has 1 heterocycles. The van der Waals surface area contributed by atoms with Crippen LogP contribution < -0.4 is 4.74 Å². The van der Waals surface area contributed by atoms with E-state index in [0.717, 1.165) is 18.3 Å². The van der Waals surface area contributed by atoms with Crippen molar-refractivity contribution in [3.05, 3.63) is 16.8 Å². The van der Waals surface area contributed by atoms with E-state index in [1.165, 1.54) is 12.8 Å². The monoisotopic (exact) mass is 154 g/mol. The fraction of sp³-hybridized carbons (Fsp3) is 0.500. The van der Waals surface area contributed by atoms with Crippen molar-refractivity contribution >= 4 is 11.3 Å². The minimum absolute atomic E-state index is 0.861. The molecule has 0 N–H and O–H groups in total. The van der Waals surface area contributed by atoms with Crippen molar-refractivity contribution in [2.24, 2.45) is 5.92 Å². The van der Waals surface area contributed by atoms with Gasteiger partial charge in [-0.2, -0.15) is 0 Å². The fourth-order valence-corrected chi connectivity index (χ4v) is 1.40. The normalized spacial score (nSPS) is 17.2. The minimum atomic E-state index is 0.861. The van der Waals surface area contributed by atoms with Crippen LogP contribution in [0.4, 0.5) is 0 Å². The third-order valence-electron chi connectivity index (χ3n) is 1.68. The van der Waals surface area contributed by atoms with E-state index in [9.17, 15) is 0 Å². The van der Waals surface area contributed by atoms with Gasteiger partial charge < -0.3 is 4.74 Å². The summed E-state index contributed by atoms with van der Waals surface area (Å²) in [5, 5.41) is 4.09. The zero-order chi connectivity index (χ0) is 6.81. The molecule has 0 aliphatic heterocycles. The van der Waals surface area contributed by atoms with Gasteiger partial charge in [-0.1, -0.05) is 0 Å². The van der Waals surface area contributed by atoms with Gasteiger partial charge in [0.25, 0.3) is 0 Å². The summed E-state index contributed by atoms with van der Waals surface area (Å²) in [4.78, 5) is 0. The second-order valence-corrected chi connectivity index (χ2v) is 3.49. The van der Waals surface area contributed by atoms with Crippen LogP contribution in [-0.4, -0.2) is 6.61 Å². The van der Waals surface area contributed by atoms with Gasteiger partial charge in [0.2, 0.25) is 0 Å². The lowest BCUT2D eigenvalue weighted by atomic mass is 10.5. The minimum Gasteiger partial charge on any atom is -0.492 e. The molecular weight excluding hydrogens is 144 g/mol. The van der Waals surface area contributed by atoms with Crippen molar-refractivity contribution in [3.63, 3.8) is 0 Å². The molecule has 0 spiro atoms. The van der Waals surface area contributed by atoms with Crippen LogP contribution in [0.15, 0.2) is 16.8 Å². The smallest absolute Gasteiger partial charge is 0.129 e. The van der Waals surface area contributed by atoms with Crippen LogP contribution in [-0.2, 0) is 0 Å². The molecule has 1 saturated carbocycles. The van der Waals surface area contributed by atoms with Gasteiger partial charge >= 0.3 is 0 Å². The van der Waals surface area contributed by atoms with E-state index in [0.29, 0.717) is 0 Å². The molecule has 10 heavy (non-hydrogen) atoms. The van der Waals surface area contributed by atoms with Gasteiger partial charge in [0, 0.05) is 5.38 Å². The zero-order valence-corrected chi connectivity index (χ0v) is 6.56. The third-order valence-corrected chi connectivity index (χ3v) is 2.34. The summed E-state index contributed by atoms with van der Waals surface area (Å²) in [5.41, 5.74) is 0. The van der Waals surface area contributed by atoms with E-state index in [1.807, 2.05) is 16.8 Å². The molecule has 1 aliphatic carbocycles. The van der Waals surface area contributed by atoms with E-state index < -0.39 is 0 Å². The summed E-state index contributed by atoms with van der Waals surface area (Å²) in [7, 11) is 0. The van der Waals surface area contributed by atoms with E-state index in [4.69, 9.17) is 4.74 Å². The Labute approximate surface area is 64.6 Å². The molecule has 2 heteroatoms. The van der Waals surface area contributed by atoms with Crippen molar-refractivity contribution in [2.75, 3.05) is 6.61 Å². The van der Waals surface area contributed by atoms with E-state index in [-0.39, 0.29) is 0 Å². The SMILES string of the molecule is c1cc(OCC2CC2)cs1. The van der Waals surface area contributed by atoms with Gasteiger partial charge in [0.1, 0.15) is 5.75 Å². The second kappa shape index (κ2) is 2.62. The van der Waals surface area contributed by atoms with Crippen LogP contribution in [0, 0.1) is 5.92 Å². The molecule has 1 aromatic heterocycles. The molecule has 0 amide bonds. The summed E-state index contributed by atoms with van der Waals surface area (Å²) in [5.74, 6) is 1.90. The Bertz CT molecular complexity index is 189. The van der Waals surface area contributed by atoms with Gasteiger partial charge in [-0.15, -0.1) is 11.3 Å². The maximum Gasteiger partial charge on any atom is 0.129 e. The molecule has 1 fully saturated rings. The molecule has 0 radical (unpaired) electrons. The molecule has 1 aliphatic rings. The fourth-order valence-electron chi connectivity index (χ4n) is 0.833. The van der Waals surface area contributed by atoms with Crippen LogP contribution >= 0.6 is 11.3 Å². The first-order chi connectivity index (χ1) is 4.95. The highest BCUT2D eigenvalue weighted by Crippen LogP contribution is 2.29. The van der Waals surface area contributed by atoms with E-state index in [2.05, 4.69) is 0 Å². The Hall–Kier alpha value is -0.500. The van der Waals surface area contributed by atoms with Crippen molar-refractivity contribution in [1.29, 1.82) is 0 Å². The second-order valence-electron chi connectivity index (χ2n) is 2.71. The highest BCUT2D eigenvalue weighted by molar-refractivity contribution is 7.08. The number of rotatable bonds is 3. The molecule has 0 aromatic carbocycles. The number of hydrogen-bond donors (Lipinski definition) is 0. The number of ether oxygens (including phenoxy) is 1. The van der Waals surface area contributed by atoms with Crippen LogP contribution in [0.1, 0.15) is 12.8 Å². The van der Waals surface area contributed by atoms with E-state index >= 15 is 0 Å². The van der Waals surface area contributed by atoms with Crippen LogP contribution in [0.2, 0.25) is 0 Å². The molecule has 1 aromatic rings. The molecule has 0 atom stereocenters. The lowest BCUT2D eigenvalue weighted by Crippen LogP contribution is -1.96. The van der Waals surface area contributed by atoms with Gasteiger partial charge in [-0.3, -0.25) is 0 Å². The Morgan fingerprint density at radius 1 is 1.60 bits per heavy atom. The lowest BCUT2D eigenvalue weighted by molar-refractivity contribution is 0.301. The van der Waals surface area contributed by atoms with Crippen molar-refractivity contribution in [2.45, 2.75) is 12.8 Å². The standard InChI is InChI=1S/C8H10OS/c1-2-7(1)5-9-8-3-4-10-6-8/h3-4,6-7H,1-2,5H2. The van der Waals surface area contributed by atoms with E-state index in [1.54, 1.807) is 11.3 Å². The maximum absolute atomic E-state index is 5.48. The summed E-state index contributed by atoms with van der Waals surface area (Å²) in [6.07, 6.45) is 2.73. The molecule has 0 bridgehead atoms. The molecule has 0 unspecified atom stereocenters. The summed E-state index contributed by atoms with van der Waals surface area (Å²) in [6.45, 7) is 0.927. The summed E-state index contributed by atoms with van der Waals surface area (Å²) >= 11 is 1.69. The topological polar surface area (TPSA) is 9.23 Å². The Morgan fingerprint density at radius 3 is 3.10 bits per heavy atom. The van der Waals surface area contributed by atoms with Gasteiger partial charge in [0.15, 0.2) is 0 Å². The quantitative estimate of drug-likeness (QED) is 0.650. The highest BCUT2D eigenvalue weighted by atomic mass is 32.1. The largest absolute Gasteiger partial charge is 0.492 e. The highest BCUT2D eigenvalue weighted by Gasteiger charge is 2.21. The first-order valence-electron chi connectivity index (χ1n) is 3.60. The van der Waals surface area contributed by atoms with Crippen molar-refractivity contribution in [3.8, 4) is 5.75 Å². The van der Waals surface area contributed by atoms with Crippen LogP contribution in [0.3, 0.4) is 0 Å².